The van der Waals surface area contributed by atoms with Gasteiger partial charge >= 0.3 is 5.97 Å². The molecule has 0 spiro atoms. The van der Waals surface area contributed by atoms with E-state index >= 15 is 0 Å². The fourth-order valence-electron chi connectivity index (χ4n) is 1.83. The van der Waals surface area contributed by atoms with E-state index in [1.54, 1.807) is 11.6 Å². The van der Waals surface area contributed by atoms with Crippen LogP contribution in [0.2, 0.25) is 0 Å². The van der Waals surface area contributed by atoms with Gasteiger partial charge in [-0.1, -0.05) is 6.92 Å². The van der Waals surface area contributed by atoms with E-state index in [0.717, 1.165) is 18.7 Å². The third kappa shape index (κ3) is 3.32. The number of aromatic nitrogens is 2. The van der Waals surface area contributed by atoms with E-state index in [-0.39, 0.29) is 18.9 Å². The number of aliphatic carboxylic acids is 1. The lowest BCUT2D eigenvalue weighted by atomic mass is 10.2. The standard InChI is InChI=1S/C12H19N3O3/c1-4-7-15-9(3)11(8(2)14-15)12(18)13-6-5-10(16)17/h4-7H2,1-3H3,(H,13,18)(H,16,17). The largest absolute Gasteiger partial charge is 0.481 e. The summed E-state index contributed by atoms with van der Waals surface area (Å²) in [6.07, 6.45) is 0.870. The molecular formula is C12H19N3O3. The van der Waals surface area contributed by atoms with Crippen LogP contribution in [0.3, 0.4) is 0 Å². The number of carboxylic acids is 1. The number of nitrogens with one attached hydrogen (secondary N) is 1. The molecule has 0 saturated heterocycles. The molecule has 6 nitrogen and oxygen atoms in total. The predicted molar refractivity (Wildman–Crippen MR) is 66.6 cm³/mol. The molecule has 6 heteroatoms. The van der Waals surface area contributed by atoms with Gasteiger partial charge in [0.1, 0.15) is 0 Å². The van der Waals surface area contributed by atoms with Crippen LogP contribution in [0.25, 0.3) is 0 Å². The zero-order valence-corrected chi connectivity index (χ0v) is 11.0. The minimum atomic E-state index is -0.926. The number of hydrogen-bond donors (Lipinski definition) is 2. The van der Waals surface area contributed by atoms with Gasteiger partial charge in [-0.05, 0) is 20.3 Å². The van der Waals surface area contributed by atoms with Crippen molar-refractivity contribution in [2.24, 2.45) is 0 Å². The maximum absolute atomic E-state index is 11.9. The Kier molecular flexibility index (Phi) is 4.88. The van der Waals surface area contributed by atoms with Crippen LogP contribution in [0.5, 0.6) is 0 Å². The van der Waals surface area contributed by atoms with Gasteiger partial charge in [0.15, 0.2) is 0 Å². The SMILES string of the molecule is CCCn1nc(C)c(C(=O)NCCC(=O)O)c1C. The molecule has 0 atom stereocenters. The molecule has 0 fully saturated rings. The lowest BCUT2D eigenvalue weighted by Gasteiger charge is -2.05. The minimum Gasteiger partial charge on any atom is -0.481 e. The summed E-state index contributed by atoms with van der Waals surface area (Å²) in [5.41, 5.74) is 2.05. The molecule has 0 aliphatic carbocycles. The number of carbonyl (C=O) groups excluding carboxylic acids is 1. The van der Waals surface area contributed by atoms with Crippen molar-refractivity contribution in [2.45, 2.75) is 40.2 Å². The first kappa shape index (κ1) is 14.2. The number of hydrogen-bond acceptors (Lipinski definition) is 3. The Hall–Kier alpha value is -1.85. The van der Waals surface area contributed by atoms with Crippen LogP contribution >= 0.6 is 0 Å². The van der Waals surface area contributed by atoms with Gasteiger partial charge < -0.3 is 10.4 Å². The summed E-state index contributed by atoms with van der Waals surface area (Å²) in [6, 6.07) is 0. The Balaban J connectivity index is 2.76. The molecule has 1 aromatic heterocycles. The zero-order chi connectivity index (χ0) is 13.7. The molecule has 100 valence electrons. The summed E-state index contributed by atoms with van der Waals surface area (Å²) < 4.78 is 1.81. The van der Waals surface area contributed by atoms with Crippen LogP contribution in [-0.2, 0) is 11.3 Å². The molecule has 0 saturated carbocycles. The molecular weight excluding hydrogens is 234 g/mol. The highest BCUT2D eigenvalue weighted by molar-refractivity contribution is 5.96. The molecule has 0 radical (unpaired) electrons. The third-order valence-electron chi connectivity index (χ3n) is 2.67. The summed E-state index contributed by atoms with van der Waals surface area (Å²) in [5.74, 6) is -1.18. The van der Waals surface area contributed by atoms with Crippen molar-refractivity contribution in [3.05, 3.63) is 17.0 Å². The molecule has 0 aliphatic rings. The van der Waals surface area contributed by atoms with Crippen molar-refractivity contribution < 1.29 is 14.7 Å². The number of nitrogens with zero attached hydrogens (tertiary/aromatic N) is 2. The van der Waals surface area contributed by atoms with Crippen LogP contribution < -0.4 is 5.32 Å². The van der Waals surface area contributed by atoms with Gasteiger partial charge in [-0.2, -0.15) is 5.10 Å². The lowest BCUT2D eigenvalue weighted by Crippen LogP contribution is -2.27. The summed E-state index contributed by atoms with van der Waals surface area (Å²) in [5, 5.41) is 15.4. The van der Waals surface area contributed by atoms with Gasteiger partial charge in [-0.25, -0.2) is 0 Å². The van der Waals surface area contributed by atoms with E-state index in [1.807, 2.05) is 13.8 Å². The molecule has 0 aliphatic heterocycles. The summed E-state index contributed by atoms with van der Waals surface area (Å²) in [4.78, 5) is 22.3. The lowest BCUT2D eigenvalue weighted by molar-refractivity contribution is -0.136. The Morgan fingerprint density at radius 3 is 2.61 bits per heavy atom. The van der Waals surface area contributed by atoms with E-state index in [2.05, 4.69) is 10.4 Å². The van der Waals surface area contributed by atoms with Crippen molar-refractivity contribution in [1.82, 2.24) is 15.1 Å². The molecule has 18 heavy (non-hydrogen) atoms. The number of carboxylic acid groups (broad SMARTS) is 1. The topological polar surface area (TPSA) is 84.2 Å². The van der Waals surface area contributed by atoms with Crippen LogP contribution in [-0.4, -0.2) is 33.3 Å². The molecule has 1 amide bonds. The average molecular weight is 253 g/mol. The maximum atomic E-state index is 11.9. The van der Waals surface area contributed by atoms with E-state index in [1.165, 1.54) is 0 Å². The first-order chi connectivity index (χ1) is 8.47. The second kappa shape index (κ2) is 6.18. The van der Waals surface area contributed by atoms with Crippen LogP contribution in [0.1, 0.15) is 41.5 Å². The highest BCUT2D eigenvalue weighted by Gasteiger charge is 2.17. The Bertz CT molecular complexity index is 452. The number of amides is 1. The maximum Gasteiger partial charge on any atom is 0.305 e. The first-order valence-corrected chi connectivity index (χ1v) is 6.01. The van der Waals surface area contributed by atoms with Crippen molar-refractivity contribution in [2.75, 3.05) is 6.54 Å². The second-order valence-corrected chi connectivity index (χ2v) is 4.17. The van der Waals surface area contributed by atoms with E-state index < -0.39 is 5.97 Å². The predicted octanol–water partition coefficient (Wildman–Crippen LogP) is 1.11. The molecule has 0 aromatic carbocycles. The van der Waals surface area contributed by atoms with E-state index in [9.17, 15) is 9.59 Å². The zero-order valence-electron chi connectivity index (χ0n) is 11.0. The monoisotopic (exact) mass is 253 g/mol. The molecule has 0 unspecified atom stereocenters. The molecule has 1 aromatic rings. The number of rotatable bonds is 6. The fraction of sp³-hybridized carbons (Fsp3) is 0.583. The highest BCUT2D eigenvalue weighted by Crippen LogP contribution is 2.13. The van der Waals surface area contributed by atoms with Gasteiger partial charge in [0.05, 0.1) is 17.7 Å². The normalized spacial score (nSPS) is 10.4. The van der Waals surface area contributed by atoms with Crippen LogP contribution in [0.4, 0.5) is 0 Å². The van der Waals surface area contributed by atoms with Gasteiger partial charge in [-0.3, -0.25) is 14.3 Å². The van der Waals surface area contributed by atoms with Crippen LogP contribution in [0.15, 0.2) is 0 Å². The Morgan fingerprint density at radius 1 is 1.39 bits per heavy atom. The first-order valence-electron chi connectivity index (χ1n) is 6.01. The highest BCUT2D eigenvalue weighted by atomic mass is 16.4. The van der Waals surface area contributed by atoms with Gasteiger partial charge in [-0.15, -0.1) is 0 Å². The number of carbonyl (C=O) groups is 2. The fourth-order valence-corrected chi connectivity index (χ4v) is 1.83. The molecule has 0 bridgehead atoms. The second-order valence-electron chi connectivity index (χ2n) is 4.17. The van der Waals surface area contributed by atoms with Crippen LogP contribution in [0, 0.1) is 13.8 Å². The average Bonchev–Trinajstić information content (AvgIpc) is 2.54. The van der Waals surface area contributed by atoms with E-state index in [0.29, 0.717) is 11.3 Å². The minimum absolute atomic E-state index is 0.0765. The van der Waals surface area contributed by atoms with Gasteiger partial charge in [0.2, 0.25) is 0 Å². The van der Waals surface area contributed by atoms with Crippen molar-refractivity contribution in [3.63, 3.8) is 0 Å². The smallest absolute Gasteiger partial charge is 0.305 e. The summed E-state index contributed by atoms with van der Waals surface area (Å²) >= 11 is 0. The van der Waals surface area contributed by atoms with Crippen molar-refractivity contribution in [3.8, 4) is 0 Å². The Labute approximate surface area is 106 Å². The van der Waals surface area contributed by atoms with E-state index in [4.69, 9.17) is 5.11 Å². The van der Waals surface area contributed by atoms with Crippen molar-refractivity contribution >= 4 is 11.9 Å². The number of aryl methyl sites for hydroxylation is 2. The summed E-state index contributed by atoms with van der Waals surface area (Å²) in [6.45, 7) is 6.58. The van der Waals surface area contributed by atoms with Gasteiger partial charge in [0.25, 0.3) is 5.91 Å². The quantitative estimate of drug-likeness (QED) is 0.795. The third-order valence-corrected chi connectivity index (χ3v) is 2.67. The van der Waals surface area contributed by atoms with Crippen molar-refractivity contribution in [1.29, 1.82) is 0 Å². The molecule has 2 N–H and O–H groups in total. The molecule has 1 heterocycles. The Morgan fingerprint density at radius 2 is 2.06 bits per heavy atom. The van der Waals surface area contributed by atoms with Gasteiger partial charge in [0, 0.05) is 18.8 Å². The molecule has 1 rings (SSSR count). The summed E-state index contributed by atoms with van der Waals surface area (Å²) in [7, 11) is 0.